The number of hydrogen-bond acceptors (Lipinski definition) is 2. The predicted molar refractivity (Wildman–Crippen MR) is 83.0 cm³/mol. The molecule has 0 unspecified atom stereocenters. The number of amides is 1. The molecule has 0 aromatic heterocycles. The molecular formula is C16H16ClFN2O. The molecule has 110 valence electrons. The zero-order valence-corrected chi connectivity index (χ0v) is 12.4. The summed E-state index contributed by atoms with van der Waals surface area (Å²) in [6, 6.07) is 9.40. The highest BCUT2D eigenvalue weighted by molar-refractivity contribution is 6.34. The number of benzene rings is 2. The molecule has 0 saturated carbocycles. The van der Waals surface area contributed by atoms with Gasteiger partial charge in [-0.1, -0.05) is 17.7 Å². The SMILES string of the molecule is Cc1cc(F)ccc1CCNC(=O)c1cc(N)ccc1Cl. The zero-order chi connectivity index (χ0) is 15.4. The second-order valence-electron chi connectivity index (χ2n) is 4.82. The first-order chi connectivity index (χ1) is 9.97. The maximum Gasteiger partial charge on any atom is 0.252 e. The van der Waals surface area contributed by atoms with Crippen molar-refractivity contribution in [2.45, 2.75) is 13.3 Å². The van der Waals surface area contributed by atoms with Crippen LogP contribution in [0.3, 0.4) is 0 Å². The molecule has 2 aromatic carbocycles. The van der Waals surface area contributed by atoms with E-state index in [1.165, 1.54) is 12.1 Å². The van der Waals surface area contributed by atoms with E-state index >= 15 is 0 Å². The summed E-state index contributed by atoms with van der Waals surface area (Å²) in [7, 11) is 0. The van der Waals surface area contributed by atoms with Crippen LogP contribution in [0.15, 0.2) is 36.4 Å². The standard InChI is InChI=1S/C16H16ClFN2O/c1-10-8-12(18)3-2-11(10)6-7-20-16(21)14-9-13(19)4-5-15(14)17/h2-5,8-9H,6-7,19H2,1H3,(H,20,21). The van der Waals surface area contributed by atoms with Gasteiger partial charge in [0.2, 0.25) is 0 Å². The number of rotatable bonds is 4. The third-order valence-electron chi connectivity index (χ3n) is 3.22. The van der Waals surface area contributed by atoms with E-state index in [4.69, 9.17) is 17.3 Å². The largest absolute Gasteiger partial charge is 0.399 e. The lowest BCUT2D eigenvalue weighted by Gasteiger charge is -2.09. The van der Waals surface area contributed by atoms with Gasteiger partial charge < -0.3 is 11.1 Å². The van der Waals surface area contributed by atoms with Gasteiger partial charge in [0.05, 0.1) is 10.6 Å². The number of halogens is 2. The van der Waals surface area contributed by atoms with E-state index in [1.54, 1.807) is 24.3 Å². The fourth-order valence-corrected chi connectivity index (χ4v) is 2.27. The van der Waals surface area contributed by atoms with Crippen LogP contribution in [0.4, 0.5) is 10.1 Å². The Morgan fingerprint density at radius 1 is 1.29 bits per heavy atom. The molecule has 0 aliphatic carbocycles. The van der Waals surface area contributed by atoms with E-state index in [0.717, 1.165) is 11.1 Å². The minimum atomic E-state index is -0.271. The van der Waals surface area contributed by atoms with Gasteiger partial charge >= 0.3 is 0 Å². The summed E-state index contributed by atoms with van der Waals surface area (Å²) in [4.78, 5) is 12.0. The Morgan fingerprint density at radius 2 is 2.05 bits per heavy atom. The molecule has 0 saturated heterocycles. The summed E-state index contributed by atoms with van der Waals surface area (Å²) < 4.78 is 13.0. The lowest BCUT2D eigenvalue weighted by Crippen LogP contribution is -2.26. The van der Waals surface area contributed by atoms with Gasteiger partial charge in [0, 0.05) is 12.2 Å². The molecule has 21 heavy (non-hydrogen) atoms. The van der Waals surface area contributed by atoms with E-state index in [0.29, 0.717) is 29.2 Å². The van der Waals surface area contributed by atoms with Gasteiger partial charge in [-0.25, -0.2) is 4.39 Å². The monoisotopic (exact) mass is 306 g/mol. The van der Waals surface area contributed by atoms with E-state index in [1.807, 2.05) is 6.92 Å². The number of anilines is 1. The quantitative estimate of drug-likeness (QED) is 0.851. The van der Waals surface area contributed by atoms with E-state index < -0.39 is 0 Å². The number of nitrogen functional groups attached to an aromatic ring is 1. The second-order valence-corrected chi connectivity index (χ2v) is 5.22. The molecule has 3 nitrogen and oxygen atoms in total. The van der Waals surface area contributed by atoms with Crippen LogP contribution in [-0.4, -0.2) is 12.5 Å². The molecule has 0 radical (unpaired) electrons. The summed E-state index contributed by atoms with van der Waals surface area (Å²) in [5.74, 6) is -0.529. The molecule has 0 spiro atoms. The Kier molecular flexibility index (Phi) is 4.81. The first-order valence-electron chi connectivity index (χ1n) is 6.55. The first kappa shape index (κ1) is 15.3. The molecule has 3 N–H and O–H groups in total. The average molecular weight is 307 g/mol. The van der Waals surface area contributed by atoms with Gasteiger partial charge in [-0.15, -0.1) is 0 Å². The third-order valence-corrected chi connectivity index (χ3v) is 3.55. The van der Waals surface area contributed by atoms with Crippen LogP contribution >= 0.6 is 11.6 Å². The van der Waals surface area contributed by atoms with E-state index in [2.05, 4.69) is 5.32 Å². The first-order valence-corrected chi connectivity index (χ1v) is 6.93. The van der Waals surface area contributed by atoms with Gasteiger partial charge in [-0.05, 0) is 54.8 Å². The molecule has 2 aromatic rings. The van der Waals surface area contributed by atoms with Crippen molar-refractivity contribution in [1.82, 2.24) is 5.32 Å². The van der Waals surface area contributed by atoms with Crippen LogP contribution < -0.4 is 11.1 Å². The highest BCUT2D eigenvalue weighted by atomic mass is 35.5. The number of aryl methyl sites for hydroxylation is 1. The van der Waals surface area contributed by atoms with Crippen LogP contribution in [0.5, 0.6) is 0 Å². The Hall–Kier alpha value is -2.07. The molecule has 0 atom stereocenters. The summed E-state index contributed by atoms with van der Waals surface area (Å²) in [5, 5.41) is 3.15. The zero-order valence-electron chi connectivity index (χ0n) is 11.6. The maximum atomic E-state index is 13.0. The summed E-state index contributed by atoms with van der Waals surface area (Å²) in [5.41, 5.74) is 8.35. The second kappa shape index (κ2) is 6.59. The Labute approximate surface area is 127 Å². The van der Waals surface area contributed by atoms with Gasteiger partial charge in [-0.2, -0.15) is 0 Å². The molecule has 0 bridgehead atoms. The lowest BCUT2D eigenvalue weighted by atomic mass is 10.1. The molecule has 0 aliphatic rings. The van der Waals surface area contributed by atoms with Crippen LogP contribution in [0, 0.1) is 12.7 Å². The highest BCUT2D eigenvalue weighted by Gasteiger charge is 2.10. The summed E-state index contributed by atoms with van der Waals surface area (Å²) in [6.45, 7) is 2.28. The minimum Gasteiger partial charge on any atom is -0.399 e. The van der Waals surface area contributed by atoms with Crippen molar-refractivity contribution < 1.29 is 9.18 Å². The highest BCUT2D eigenvalue weighted by Crippen LogP contribution is 2.18. The van der Waals surface area contributed by atoms with E-state index in [9.17, 15) is 9.18 Å². The van der Waals surface area contributed by atoms with Crippen molar-refractivity contribution in [2.24, 2.45) is 0 Å². The molecule has 2 rings (SSSR count). The molecule has 0 aliphatic heterocycles. The normalized spacial score (nSPS) is 10.4. The molecule has 5 heteroatoms. The van der Waals surface area contributed by atoms with Crippen LogP contribution in [0.1, 0.15) is 21.5 Å². The topological polar surface area (TPSA) is 55.1 Å². The van der Waals surface area contributed by atoms with Crippen molar-refractivity contribution in [2.75, 3.05) is 12.3 Å². The fourth-order valence-electron chi connectivity index (χ4n) is 2.06. The lowest BCUT2D eigenvalue weighted by molar-refractivity contribution is 0.0954. The maximum absolute atomic E-state index is 13.0. The molecule has 1 amide bonds. The number of hydrogen-bond donors (Lipinski definition) is 2. The predicted octanol–water partition coefficient (Wildman–Crippen LogP) is 3.34. The van der Waals surface area contributed by atoms with Crippen molar-refractivity contribution in [1.29, 1.82) is 0 Å². The van der Waals surface area contributed by atoms with Gasteiger partial charge in [0.25, 0.3) is 5.91 Å². The number of carbonyl (C=O) groups is 1. The van der Waals surface area contributed by atoms with Crippen LogP contribution in [-0.2, 0) is 6.42 Å². The summed E-state index contributed by atoms with van der Waals surface area (Å²) in [6.07, 6.45) is 0.623. The number of nitrogens with two attached hydrogens (primary N) is 1. The third kappa shape index (κ3) is 3.95. The number of carbonyl (C=O) groups excluding carboxylic acids is 1. The van der Waals surface area contributed by atoms with Gasteiger partial charge in [0.15, 0.2) is 0 Å². The number of nitrogens with one attached hydrogen (secondary N) is 1. The van der Waals surface area contributed by atoms with Crippen molar-refractivity contribution in [3.8, 4) is 0 Å². The Morgan fingerprint density at radius 3 is 2.76 bits per heavy atom. The van der Waals surface area contributed by atoms with Crippen LogP contribution in [0.2, 0.25) is 5.02 Å². The van der Waals surface area contributed by atoms with Gasteiger partial charge in [-0.3, -0.25) is 4.79 Å². The van der Waals surface area contributed by atoms with E-state index in [-0.39, 0.29) is 11.7 Å². The Balaban J connectivity index is 1.97. The minimum absolute atomic E-state index is 0.258. The smallest absolute Gasteiger partial charge is 0.252 e. The molecule has 0 heterocycles. The van der Waals surface area contributed by atoms with Crippen molar-refractivity contribution in [3.63, 3.8) is 0 Å². The molecular weight excluding hydrogens is 291 g/mol. The van der Waals surface area contributed by atoms with Crippen LogP contribution in [0.25, 0.3) is 0 Å². The Bertz CT molecular complexity index is 673. The average Bonchev–Trinajstić information content (AvgIpc) is 2.43. The van der Waals surface area contributed by atoms with Crippen molar-refractivity contribution in [3.05, 3.63) is 63.9 Å². The van der Waals surface area contributed by atoms with Crippen molar-refractivity contribution >= 4 is 23.2 Å². The summed E-state index contributed by atoms with van der Waals surface area (Å²) >= 11 is 5.97. The fraction of sp³-hybridized carbons (Fsp3) is 0.188. The molecule has 0 fully saturated rings. The van der Waals surface area contributed by atoms with Gasteiger partial charge in [0.1, 0.15) is 5.82 Å².